The molecule has 0 unspecified atom stereocenters. The molecule has 0 aliphatic heterocycles. The third-order valence-corrected chi connectivity index (χ3v) is 6.43. The Hall–Kier alpha value is -2.00. The van der Waals surface area contributed by atoms with Crippen molar-refractivity contribution in [1.82, 2.24) is 0 Å². The molecule has 0 radical (unpaired) electrons. The number of phenolic OH excluding ortho intramolecular Hbond substituents is 2. The Labute approximate surface area is 222 Å². The molecule has 0 bridgehead atoms. The first-order valence-electron chi connectivity index (χ1n) is 13.5. The van der Waals surface area contributed by atoms with Crippen LogP contribution in [0.15, 0.2) is 30.3 Å². The van der Waals surface area contributed by atoms with Crippen molar-refractivity contribution < 1.29 is 14.9 Å². The molecule has 36 heavy (non-hydrogen) atoms. The van der Waals surface area contributed by atoms with Crippen LogP contribution in [0.2, 0.25) is 0 Å². The van der Waals surface area contributed by atoms with Crippen LogP contribution in [0.4, 0.5) is 0 Å². The number of hydrogen-bond donors (Lipinski definition) is 2. The fraction of sp³-hybridized carbons (Fsp3) is 0.636. The number of benzene rings is 2. The van der Waals surface area contributed by atoms with Gasteiger partial charge in [0.1, 0.15) is 11.5 Å². The second kappa shape index (κ2) is 12.0. The van der Waals surface area contributed by atoms with Crippen LogP contribution in [0.3, 0.4) is 0 Å². The summed E-state index contributed by atoms with van der Waals surface area (Å²) in [6, 6.07) is 10.2. The minimum atomic E-state index is -0.0798. The highest BCUT2D eigenvalue weighted by Gasteiger charge is 2.25. The zero-order chi connectivity index (χ0) is 28.1. The third kappa shape index (κ3) is 9.47. The van der Waals surface area contributed by atoms with Crippen molar-refractivity contribution in [2.45, 2.75) is 131 Å². The lowest BCUT2D eigenvalue weighted by molar-refractivity contribution is 0.116. The molecule has 2 N–H and O–H groups in total. The second-order valence-electron chi connectivity index (χ2n) is 14.2. The van der Waals surface area contributed by atoms with Gasteiger partial charge in [0.05, 0.1) is 6.61 Å². The van der Waals surface area contributed by atoms with Crippen LogP contribution in [-0.4, -0.2) is 16.8 Å². The van der Waals surface area contributed by atoms with E-state index in [-0.39, 0.29) is 21.7 Å². The molecule has 0 spiro atoms. The maximum atomic E-state index is 10.6. The Kier molecular flexibility index (Phi) is 10.7. The van der Waals surface area contributed by atoms with Crippen molar-refractivity contribution in [2.75, 3.05) is 6.61 Å². The highest BCUT2D eigenvalue weighted by molar-refractivity contribution is 5.48. The van der Waals surface area contributed by atoms with E-state index in [0.717, 1.165) is 36.1 Å². The Morgan fingerprint density at radius 2 is 1.14 bits per heavy atom. The van der Waals surface area contributed by atoms with Crippen LogP contribution in [0.25, 0.3) is 0 Å². The minimum absolute atomic E-state index is 0.00859. The van der Waals surface area contributed by atoms with Crippen molar-refractivity contribution in [1.29, 1.82) is 0 Å². The molecule has 2 aromatic carbocycles. The van der Waals surface area contributed by atoms with Crippen molar-refractivity contribution in [3.05, 3.63) is 58.1 Å². The van der Waals surface area contributed by atoms with E-state index in [1.807, 2.05) is 6.07 Å². The van der Waals surface area contributed by atoms with Gasteiger partial charge in [0.25, 0.3) is 0 Å². The van der Waals surface area contributed by atoms with E-state index in [1.54, 1.807) is 6.07 Å². The van der Waals surface area contributed by atoms with E-state index in [2.05, 4.69) is 108 Å². The number of hydrogen-bond acceptors (Lipinski definition) is 3. The average molecular weight is 499 g/mol. The lowest BCUT2D eigenvalue weighted by Crippen LogP contribution is -2.17. The van der Waals surface area contributed by atoms with Gasteiger partial charge in [-0.05, 0) is 62.5 Å². The summed E-state index contributed by atoms with van der Waals surface area (Å²) in [5.41, 5.74) is 5.56. The van der Waals surface area contributed by atoms with Gasteiger partial charge >= 0.3 is 0 Å². The summed E-state index contributed by atoms with van der Waals surface area (Å²) in [5, 5.41) is 20.4. The van der Waals surface area contributed by atoms with Gasteiger partial charge in [-0.1, -0.05) is 115 Å². The van der Waals surface area contributed by atoms with Gasteiger partial charge in [0, 0.05) is 12.2 Å². The van der Waals surface area contributed by atoms with Crippen LogP contribution in [0.1, 0.15) is 131 Å². The molecule has 204 valence electrons. The first kappa shape index (κ1) is 32.0. The van der Waals surface area contributed by atoms with Gasteiger partial charge in [-0.3, -0.25) is 0 Å². The van der Waals surface area contributed by atoms with Crippen molar-refractivity contribution in [2.24, 2.45) is 0 Å². The Morgan fingerprint density at radius 3 is 1.58 bits per heavy atom. The predicted octanol–water partition coefficient (Wildman–Crippen LogP) is 9.29. The minimum Gasteiger partial charge on any atom is -0.508 e. The van der Waals surface area contributed by atoms with Gasteiger partial charge in [0.2, 0.25) is 0 Å². The molecule has 2 rings (SSSR count). The van der Waals surface area contributed by atoms with Crippen LogP contribution in [0.5, 0.6) is 11.5 Å². The lowest BCUT2D eigenvalue weighted by Gasteiger charge is -2.27. The van der Waals surface area contributed by atoms with Gasteiger partial charge in [-0.25, -0.2) is 0 Å². The average Bonchev–Trinajstić information content (AvgIpc) is 2.69. The summed E-state index contributed by atoms with van der Waals surface area (Å²) < 4.78 is 5.72. The first-order chi connectivity index (χ1) is 16.2. The monoisotopic (exact) mass is 498 g/mol. The maximum absolute atomic E-state index is 10.6. The number of rotatable bonds is 5. The molecule has 2 aromatic rings. The van der Waals surface area contributed by atoms with E-state index >= 15 is 0 Å². The molecule has 0 saturated carbocycles. The summed E-state index contributed by atoms with van der Waals surface area (Å²) in [6.45, 7) is 29.3. The Balaban J connectivity index is 0.000000381. The van der Waals surface area contributed by atoms with Crippen LogP contribution in [0, 0.1) is 0 Å². The van der Waals surface area contributed by atoms with Gasteiger partial charge in [-0.2, -0.15) is 0 Å². The van der Waals surface area contributed by atoms with Crippen LogP contribution in [-0.2, 0) is 33.0 Å². The van der Waals surface area contributed by atoms with E-state index in [4.69, 9.17) is 4.74 Å². The molecular formula is C33H54O3. The summed E-state index contributed by atoms with van der Waals surface area (Å²) in [7, 11) is 0. The zero-order valence-corrected chi connectivity index (χ0v) is 25.5. The summed E-state index contributed by atoms with van der Waals surface area (Å²) in [4.78, 5) is 0. The van der Waals surface area contributed by atoms with E-state index in [9.17, 15) is 10.2 Å². The fourth-order valence-electron chi connectivity index (χ4n) is 3.84. The number of phenols is 2. The van der Waals surface area contributed by atoms with E-state index < -0.39 is 0 Å². The Morgan fingerprint density at radius 1 is 0.639 bits per heavy atom. The molecule has 3 nitrogen and oxygen atoms in total. The first-order valence-corrected chi connectivity index (χ1v) is 13.5. The number of unbranched alkanes of at least 4 members (excludes halogenated alkanes) is 1. The molecule has 0 saturated heterocycles. The van der Waals surface area contributed by atoms with Crippen molar-refractivity contribution in [3.8, 4) is 11.5 Å². The summed E-state index contributed by atoms with van der Waals surface area (Å²) in [6.07, 6.45) is 2.19. The molecule has 0 aliphatic carbocycles. The van der Waals surface area contributed by atoms with Crippen LogP contribution < -0.4 is 0 Å². The van der Waals surface area contributed by atoms with Gasteiger partial charge in [-0.15, -0.1) is 0 Å². The van der Waals surface area contributed by atoms with E-state index in [0.29, 0.717) is 18.1 Å². The SMILES string of the molecule is CC(C)(C)c1ccc(O)c(C(C)(C)C)c1.CCCCOCc1cc(C(C)(C)C)cc(C(C)(C)C)c1O. The predicted molar refractivity (Wildman–Crippen MR) is 156 cm³/mol. The second-order valence-corrected chi connectivity index (χ2v) is 14.2. The molecule has 0 fully saturated rings. The highest BCUT2D eigenvalue weighted by atomic mass is 16.5. The molecule has 0 heterocycles. The Bertz CT molecular complexity index is 974. The lowest BCUT2D eigenvalue weighted by atomic mass is 9.79. The van der Waals surface area contributed by atoms with Gasteiger partial charge in [0.15, 0.2) is 0 Å². The molecule has 0 aliphatic rings. The number of aromatic hydroxyl groups is 2. The van der Waals surface area contributed by atoms with Crippen LogP contribution >= 0.6 is 0 Å². The topological polar surface area (TPSA) is 49.7 Å². The molecule has 0 aromatic heterocycles. The van der Waals surface area contributed by atoms with E-state index in [1.165, 1.54) is 11.1 Å². The highest BCUT2D eigenvalue weighted by Crippen LogP contribution is 2.38. The van der Waals surface area contributed by atoms with Gasteiger partial charge < -0.3 is 14.9 Å². The fourth-order valence-corrected chi connectivity index (χ4v) is 3.84. The summed E-state index contributed by atoms with van der Waals surface area (Å²) in [5.74, 6) is 0.794. The molecule has 0 atom stereocenters. The quantitative estimate of drug-likeness (QED) is 0.404. The number of ether oxygens (including phenoxy) is 1. The standard InChI is InChI=1S/C19H32O2.C14H22O/c1-8-9-10-21-13-14-11-15(18(2,3)4)12-16(17(14)20)19(5,6)7;1-13(2,3)10-7-8-12(15)11(9-10)14(4,5)6/h11-12,20H,8-10,13H2,1-7H3;7-9,15H,1-6H3. The molecule has 3 heteroatoms. The third-order valence-electron chi connectivity index (χ3n) is 6.43. The van der Waals surface area contributed by atoms with Crippen molar-refractivity contribution >= 4 is 0 Å². The largest absolute Gasteiger partial charge is 0.508 e. The zero-order valence-electron chi connectivity index (χ0n) is 25.5. The maximum Gasteiger partial charge on any atom is 0.124 e. The smallest absolute Gasteiger partial charge is 0.124 e. The van der Waals surface area contributed by atoms with Crippen molar-refractivity contribution in [3.63, 3.8) is 0 Å². The molecule has 0 amide bonds. The molecular weight excluding hydrogens is 444 g/mol. The summed E-state index contributed by atoms with van der Waals surface area (Å²) >= 11 is 0. The normalized spacial score (nSPS) is 12.8.